The Labute approximate surface area is 63.9 Å². The smallest absolute Gasteiger partial charge is 0.0398 e. The van der Waals surface area contributed by atoms with Crippen molar-refractivity contribution in [2.45, 2.75) is 27.7 Å². The third-order valence-corrected chi connectivity index (χ3v) is 1.17. The third kappa shape index (κ3) is 3.29. The molecule has 0 aliphatic carbocycles. The number of rotatable bonds is 0. The molecule has 0 aromatic heterocycles. The van der Waals surface area contributed by atoms with E-state index in [1.54, 1.807) is 0 Å². The lowest BCUT2D eigenvalue weighted by Gasteiger charge is -1.90. The van der Waals surface area contributed by atoms with Crippen molar-refractivity contribution in [3.8, 4) is 0 Å². The summed E-state index contributed by atoms with van der Waals surface area (Å²) >= 11 is 0. The quantitative estimate of drug-likeness (QED) is 0.513. The monoisotopic (exact) mass is 136 g/mol. The van der Waals surface area contributed by atoms with Gasteiger partial charge in [-0.1, -0.05) is 49.2 Å². The van der Waals surface area contributed by atoms with Crippen LogP contribution in [0.2, 0.25) is 0 Å². The first-order valence-corrected chi connectivity index (χ1v) is 3.82. The Kier molecular flexibility index (Phi) is 4.65. The molecular weight excluding hydrogens is 120 g/mol. The molecule has 56 valence electrons. The standard InChI is InChI=1S/C8H10.C2H6/c1-7-4-3-5-8(2)6-7;1-2/h3-6H,1-2H3;1-2H3. The normalized spacial score (nSPS) is 8.00. The molecule has 0 spiro atoms. The first-order valence-electron chi connectivity index (χ1n) is 3.82. The van der Waals surface area contributed by atoms with E-state index in [0.717, 1.165) is 0 Å². The summed E-state index contributed by atoms with van der Waals surface area (Å²) in [6.07, 6.45) is 0. The molecule has 0 N–H and O–H groups in total. The van der Waals surface area contributed by atoms with Gasteiger partial charge in [-0.3, -0.25) is 0 Å². The van der Waals surface area contributed by atoms with Crippen LogP contribution in [-0.4, -0.2) is 0 Å². The van der Waals surface area contributed by atoms with Gasteiger partial charge in [-0.05, 0) is 13.8 Å². The van der Waals surface area contributed by atoms with E-state index in [9.17, 15) is 0 Å². The fourth-order valence-electron chi connectivity index (χ4n) is 0.807. The Morgan fingerprint density at radius 3 is 1.50 bits per heavy atom. The van der Waals surface area contributed by atoms with Gasteiger partial charge in [-0.25, -0.2) is 0 Å². The van der Waals surface area contributed by atoms with Crippen LogP contribution in [0.15, 0.2) is 24.3 Å². The number of hydrogen-bond donors (Lipinski definition) is 0. The van der Waals surface area contributed by atoms with Crippen molar-refractivity contribution in [2.24, 2.45) is 0 Å². The Bertz CT molecular complexity index is 160. The molecule has 0 nitrogen and oxygen atoms in total. The maximum absolute atomic E-state index is 2.17. The van der Waals surface area contributed by atoms with Crippen LogP contribution in [0.25, 0.3) is 0 Å². The zero-order valence-electron chi connectivity index (χ0n) is 7.31. The van der Waals surface area contributed by atoms with Gasteiger partial charge in [-0.15, -0.1) is 0 Å². The molecule has 1 aromatic carbocycles. The van der Waals surface area contributed by atoms with Crippen LogP contribution >= 0.6 is 0 Å². The molecule has 0 radical (unpaired) electrons. The number of hydrogen-bond acceptors (Lipinski definition) is 0. The maximum Gasteiger partial charge on any atom is -0.0398 e. The molecule has 0 fully saturated rings. The molecule has 0 amide bonds. The van der Waals surface area contributed by atoms with Crippen LogP contribution in [0.1, 0.15) is 25.0 Å². The number of aryl methyl sites for hydroxylation is 2. The van der Waals surface area contributed by atoms with Crippen molar-refractivity contribution in [3.63, 3.8) is 0 Å². The predicted molar refractivity (Wildman–Crippen MR) is 47.3 cm³/mol. The Morgan fingerprint density at radius 2 is 1.30 bits per heavy atom. The van der Waals surface area contributed by atoms with Crippen molar-refractivity contribution in [1.29, 1.82) is 0 Å². The van der Waals surface area contributed by atoms with E-state index in [0.29, 0.717) is 0 Å². The Balaban J connectivity index is 0.000000371. The van der Waals surface area contributed by atoms with Gasteiger partial charge in [0.05, 0.1) is 0 Å². The topological polar surface area (TPSA) is 0 Å². The zero-order valence-corrected chi connectivity index (χ0v) is 7.31. The first-order chi connectivity index (χ1) is 4.79. The average molecular weight is 136 g/mol. The van der Waals surface area contributed by atoms with Crippen LogP contribution < -0.4 is 0 Å². The molecular formula is C10H16. The molecule has 0 bridgehead atoms. The van der Waals surface area contributed by atoms with Crippen LogP contribution in [0, 0.1) is 13.8 Å². The fraction of sp³-hybridized carbons (Fsp3) is 0.400. The lowest BCUT2D eigenvalue weighted by molar-refractivity contribution is 1.39. The van der Waals surface area contributed by atoms with Gasteiger partial charge in [0.25, 0.3) is 0 Å². The van der Waals surface area contributed by atoms with Gasteiger partial charge in [0.2, 0.25) is 0 Å². The largest absolute Gasteiger partial charge is 0.0683 e. The maximum atomic E-state index is 2.17. The summed E-state index contributed by atoms with van der Waals surface area (Å²) in [7, 11) is 0. The molecule has 1 aromatic rings. The summed E-state index contributed by atoms with van der Waals surface area (Å²) < 4.78 is 0. The van der Waals surface area contributed by atoms with E-state index in [1.165, 1.54) is 11.1 Å². The average Bonchev–Trinajstić information content (AvgIpc) is 1.91. The highest BCUT2D eigenvalue weighted by molar-refractivity contribution is 5.20. The molecule has 0 unspecified atom stereocenters. The molecule has 0 atom stereocenters. The highest BCUT2D eigenvalue weighted by Gasteiger charge is 1.80. The first kappa shape index (κ1) is 9.22. The van der Waals surface area contributed by atoms with Gasteiger partial charge >= 0.3 is 0 Å². The summed E-state index contributed by atoms with van der Waals surface area (Å²) in [4.78, 5) is 0. The summed E-state index contributed by atoms with van der Waals surface area (Å²) in [5.74, 6) is 0. The van der Waals surface area contributed by atoms with E-state index in [4.69, 9.17) is 0 Å². The summed E-state index contributed by atoms with van der Waals surface area (Å²) in [5.41, 5.74) is 2.68. The van der Waals surface area contributed by atoms with Crippen LogP contribution in [0.3, 0.4) is 0 Å². The molecule has 10 heavy (non-hydrogen) atoms. The Hall–Kier alpha value is -0.780. The molecule has 0 heteroatoms. The van der Waals surface area contributed by atoms with Crippen molar-refractivity contribution in [1.82, 2.24) is 0 Å². The highest BCUT2D eigenvalue weighted by atomic mass is 13.9. The van der Waals surface area contributed by atoms with Crippen LogP contribution in [0.5, 0.6) is 0 Å². The van der Waals surface area contributed by atoms with Crippen molar-refractivity contribution >= 4 is 0 Å². The predicted octanol–water partition coefficient (Wildman–Crippen LogP) is 3.33. The summed E-state index contributed by atoms with van der Waals surface area (Å²) in [6.45, 7) is 8.21. The van der Waals surface area contributed by atoms with Gasteiger partial charge in [-0.2, -0.15) is 0 Å². The summed E-state index contributed by atoms with van der Waals surface area (Å²) in [6, 6.07) is 8.45. The van der Waals surface area contributed by atoms with Gasteiger partial charge in [0.15, 0.2) is 0 Å². The second kappa shape index (κ2) is 5.04. The molecule has 0 aliphatic rings. The van der Waals surface area contributed by atoms with E-state index < -0.39 is 0 Å². The van der Waals surface area contributed by atoms with Crippen LogP contribution in [-0.2, 0) is 0 Å². The van der Waals surface area contributed by atoms with Gasteiger partial charge in [0, 0.05) is 0 Å². The minimum absolute atomic E-state index is 1.34. The molecule has 0 saturated carbocycles. The third-order valence-electron chi connectivity index (χ3n) is 1.17. The SMILES string of the molecule is CC.Cc1cccc(C)c1. The van der Waals surface area contributed by atoms with Crippen molar-refractivity contribution in [3.05, 3.63) is 35.4 Å². The van der Waals surface area contributed by atoms with Crippen molar-refractivity contribution in [2.75, 3.05) is 0 Å². The minimum Gasteiger partial charge on any atom is -0.0683 e. The van der Waals surface area contributed by atoms with E-state index >= 15 is 0 Å². The van der Waals surface area contributed by atoms with Gasteiger partial charge < -0.3 is 0 Å². The molecule has 0 heterocycles. The van der Waals surface area contributed by atoms with Crippen LogP contribution in [0.4, 0.5) is 0 Å². The summed E-state index contributed by atoms with van der Waals surface area (Å²) in [5, 5.41) is 0. The second-order valence-corrected chi connectivity index (χ2v) is 2.16. The second-order valence-electron chi connectivity index (χ2n) is 2.16. The van der Waals surface area contributed by atoms with E-state index in [2.05, 4.69) is 38.1 Å². The van der Waals surface area contributed by atoms with E-state index in [-0.39, 0.29) is 0 Å². The lowest BCUT2D eigenvalue weighted by Crippen LogP contribution is -1.71. The Morgan fingerprint density at radius 1 is 0.900 bits per heavy atom. The number of benzene rings is 1. The zero-order chi connectivity index (χ0) is 7.98. The molecule has 0 saturated heterocycles. The van der Waals surface area contributed by atoms with E-state index in [1.807, 2.05) is 13.8 Å². The molecule has 1 rings (SSSR count). The highest BCUT2D eigenvalue weighted by Crippen LogP contribution is 2.00. The molecule has 0 aliphatic heterocycles. The minimum atomic E-state index is 1.34. The van der Waals surface area contributed by atoms with Gasteiger partial charge in [0.1, 0.15) is 0 Å². The fourth-order valence-corrected chi connectivity index (χ4v) is 0.807. The van der Waals surface area contributed by atoms with Crippen molar-refractivity contribution < 1.29 is 0 Å². The lowest BCUT2D eigenvalue weighted by atomic mass is 10.2.